The number of rotatable bonds is 9. The first-order valence-electron chi connectivity index (χ1n) is 5.56. The van der Waals surface area contributed by atoms with Gasteiger partial charge in [-0.2, -0.15) is 0 Å². The van der Waals surface area contributed by atoms with Crippen LogP contribution in [0.25, 0.3) is 0 Å². The summed E-state index contributed by atoms with van der Waals surface area (Å²) in [5, 5.41) is 0. The second-order valence-electron chi connectivity index (χ2n) is 3.01. The molecule has 7 nitrogen and oxygen atoms in total. The smallest absolute Gasteiger partial charge is 0.404 e. The second-order valence-corrected chi connectivity index (χ2v) is 6.78. The first-order valence-corrected chi connectivity index (χ1v) is 8.42. The summed E-state index contributed by atoms with van der Waals surface area (Å²) in [7, 11) is -6.31. The molecule has 0 aliphatic rings. The average molecular weight is 301 g/mol. The molecule has 0 aliphatic heterocycles. The molecule has 2 unspecified atom stereocenters. The fourth-order valence-corrected chi connectivity index (χ4v) is 4.55. The molecule has 0 amide bonds. The van der Waals surface area contributed by atoms with Crippen molar-refractivity contribution in [1.82, 2.24) is 0 Å². The van der Waals surface area contributed by atoms with Crippen LogP contribution >= 0.6 is 15.6 Å². The van der Waals surface area contributed by atoms with Gasteiger partial charge in [-0.25, -0.2) is 0 Å². The molecular weight excluding hydrogens is 282 g/mol. The third kappa shape index (κ3) is 5.55. The molecule has 0 rings (SSSR count). The number of hydrogen-bond donors (Lipinski definition) is 0. The Bertz CT molecular complexity index is 321. The highest BCUT2D eigenvalue weighted by atomic mass is 31.2. The minimum absolute atomic E-state index is 0.0738. The summed E-state index contributed by atoms with van der Waals surface area (Å²) in [4.78, 5) is 11.0. The average Bonchev–Trinajstić information content (AvgIpc) is 2.26. The van der Waals surface area contributed by atoms with Crippen LogP contribution in [0.2, 0.25) is 0 Å². The zero-order valence-electron chi connectivity index (χ0n) is 11.0. The second kappa shape index (κ2) is 8.73. The normalized spacial score (nSPS) is 14.1. The lowest BCUT2D eigenvalue weighted by Crippen LogP contribution is -2.17. The standard InChI is InChI=1S/C9H19O7P2/c1-5-13-17(11)9(16-8(4)10)18(12,14-6-2)15-7-3/h9H,5-7H2,1-4H3/q+1. The van der Waals surface area contributed by atoms with Crippen LogP contribution in [0.15, 0.2) is 0 Å². The van der Waals surface area contributed by atoms with E-state index in [0.29, 0.717) is 0 Å². The Kier molecular flexibility index (Phi) is 8.57. The fourth-order valence-electron chi connectivity index (χ4n) is 1.09. The Morgan fingerprint density at radius 1 is 1.17 bits per heavy atom. The van der Waals surface area contributed by atoms with Gasteiger partial charge in [-0.1, -0.05) is 0 Å². The van der Waals surface area contributed by atoms with Crippen LogP contribution < -0.4 is 0 Å². The van der Waals surface area contributed by atoms with Gasteiger partial charge in [0.05, 0.1) is 19.8 Å². The fraction of sp³-hybridized carbons (Fsp3) is 0.889. The van der Waals surface area contributed by atoms with Crippen LogP contribution in [0.5, 0.6) is 0 Å². The van der Waals surface area contributed by atoms with Gasteiger partial charge in [0, 0.05) is 6.92 Å². The van der Waals surface area contributed by atoms with Gasteiger partial charge in [0.1, 0.15) is 0 Å². The van der Waals surface area contributed by atoms with Gasteiger partial charge in [0.15, 0.2) is 0 Å². The Hall–Kier alpha value is -0.320. The molecule has 0 fully saturated rings. The number of carbonyl (C=O) groups excluding carboxylic acids is 1. The first-order chi connectivity index (χ1) is 8.41. The largest absolute Gasteiger partial charge is 0.567 e. The molecule has 18 heavy (non-hydrogen) atoms. The van der Waals surface area contributed by atoms with Crippen molar-refractivity contribution in [3.05, 3.63) is 0 Å². The molecule has 0 radical (unpaired) electrons. The van der Waals surface area contributed by atoms with E-state index in [4.69, 9.17) is 18.3 Å². The summed E-state index contributed by atoms with van der Waals surface area (Å²) < 4.78 is 43.8. The lowest BCUT2D eigenvalue weighted by molar-refractivity contribution is -0.141. The maximum Gasteiger partial charge on any atom is 0.567 e. The van der Waals surface area contributed by atoms with E-state index in [9.17, 15) is 13.9 Å². The number of carbonyl (C=O) groups is 1. The van der Waals surface area contributed by atoms with Crippen LogP contribution in [0, 0.1) is 0 Å². The third-order valence-electron chi connectivity index (χ3n) is 1.60. The van der Waals surface area contributed by atoms with Gasteiger partial charge in [-0.05, 0) is 25.3 Å². The number of ether oxygens (including phenoxy) is 1. The highest BCUT2D eigenvalue weighted by Crippen LogP contribution is 2.61. The molecule has 0 saturated carbocycles. The predicted molar refractivity (Wildman–Crippen MR) is 65.6 cm³/mol. The molecule has 0 aliphatic carbocycles. The Labute approximate surface area is 108 Å². The SMILES string of the molecule is CCO[P+](=O)C(OC(C)=O)P(=O)(OCC)OCC. The third-order valence-corrected chi connectivity index (χ3v) is 5.87. The molecule has 0 spiro atoms. The maximum atomic E-state index is 12.4. The Balaban J connectivity index is 5.15. The van der Waals surface area contributed by atoms with Crippen LogP contribution in [0.4, 0.5) is 0 Å². The van der Waals surface area contributed by atoms with E-state index in [-0.39, 0.29) is 19.8 Å². The van der Waals surface area contributed by atoms with Crippen LogP contribution in [-0.4, -0.2) is 31.4 Å². The lowest BCUT2D eigenvalue weighted by Gasteiger charge is -2.18. The van der Waals surface area contributed by atoms with Crippen LogP contribution in [0.1, 0.15) is 27.7 Å². The summed E-state index contributed by atoms with van der Waals surface area (Å²) in [5.74, 6) is -0.734. The van der Waals surface area contributed by atoms with Crippen molar-refractivity contribution in [2.24, 2.45) is 0 Å². The summed E-state index contributed by atoms with van der Waals surface area (Å²) in [6.45, 7) is 6.21. The summed E-state index contributed by atoms with van der Waals surface area (Å²) in [5.41, 5.74) is -1.54. The molecule has 0 aromatic rings. The zero-order chi connectivity index (χ0) is 14.2. The van der Waals surface area contributed by atoms with Gasteiger partial charge < -0.3 is 13.8 Å². The van der Waals surface area contributed by atoms with Crippen molar-refractivity contribution in [3.8, 4) is 0 Å². The van der Waals surface area contributed by atoms with Crippen LogP contribution in [-0.2, 0) is 32.2 Å². The van der Waals surface area contributed by atoms with Crippen molar-refractivity contribution in [3.63, 3.8) is 0 Å². The molecule has 2 atom stereocenters. The Morgan fingerprint density at radius 2 is 1.67 bits per heavy atom. The quantitative estimate of drug-likeness (QED) is 0.478. The maximum absolute atomic E-state index is 12.4. The van der Waals surface area contributed by atoms with Crippen LogP contribution in [0.3, 0.4) is 0 Å². The highest BCUT2D eigenvalue weighted by molar-refractivity contribution is 7.66. The molecule has 9 heteroatoms. The van der Waals surface area contributed by atoms with E-state index in [1.807, 2.05) is 0 Å². The molecule has 0 aromatic carbocycles. The summed E-state index contributed by atoms with van der Waals surface area (Å²) in [6.07, 6.45) is 0. The topological polar surface area (TPSA) is 88.1 Å². The minimum atomic E-state index is -3.82. The van der Waals surface area contributed by atoms with E-state index >= 15 is 0 Å². The van der Waals surface area contributed by atoms with Gasteiger partial charge in [-0.15, -0.1) is 4.52 Å². The lowest BCUT2D eigenvalue weighted by atomic mass is 10.8. The van der Waals surface area contributed by atoms with E-state index in [1.165, 1.54) is 0 Å². The van der Waals surface area contributed by atoms with E-state index < -0.39 is 27.2 Å². The number of esters is 1. The van der Waals surface area contributed by atoms with Crippen molar-refractivity contribution in [2.75, 3.05) is 19.8 Å². The summed E-state index contributed by atoms with van der Waals surface area (Å²) in [6, 6.07) is 0. The molecule has 0 bridgehead atoms. The molecule has 0 heterocycles. The molecule has 106 valence electrons. The zero-order valence-corrected chi connectivity index (χ0v) is 12.7. The van der Waals surface area contributed by atoms with E-state index in [1.54, 1.807) is 20.8 Å². The molecule has 0 aromatic heterocycles. The molecule has 0 saturated heterocycles. The van der Waals surface area contributed by atoms with Gasteiger partial charge >= 0.3 is 27.2 Å². The minimum Gasteiger partial charge on any atom is -0.404 e. The van der Waals surface area contributed by atoms with Crippen molar-refractivity contribution < 1.29 is 32.2 Å². The van der Waals surface area contributed by atoms with Gasteiger partial charge in [0.2, 0.25) is 0 Å². The molecule has 0 N–H and O–H groups in total. The van der Waals surface area contributed by atoms with E-state index in [0.717, 1.165) is 6.92 Å². The highest BCUT2D eigenvalue weighted by Gasteiger charge is 2.54. The number of hydrogen-bond acceptors (Lipinski definition) is 7. The Morgan fingerprint density at radius 3 is 2.00 bits per heavy atom. The van der Waals surface area contributed by atoms with Crippen molar-refractivity contribution >= 4 is 21.6 Å². The molecular formula is C9H19O7P2+. The van der Waals surface area contributed by atoms with Crippen molar-refractivity contribution in [1.29, 1.82) is 0 Å². The first kappa shape index (κ1) is 17.7. The van der Waals surface area contributed by atoms with Gasteiger partial charge in [0.25, 0.3) is 0 Å². The van der Waals surface area contributed by atoms with E-state index in [2.05, 4.69) is 0 Å². The monoisotopic (exact) mass is 301 g/mol. The summed E-state index contributed by atoms with van der Waals surface area (Å²) >= 11 is 0. The van der Waals surface area contributed by atoms with Crippen molar-refractivity contribution in [2.45, 2.75) is 33.3 Å². The predicted octanol–water partition coefficient (Wildman–Crippen LogP) is 2.88. The van der Waals surface area contributed by atoms with Gasteiger partial charge in [-0.3, -0.25) is 9.36 Å².